The van der Waals surface area contributed by atoms with E-state index >= 15 is 0 Å². The number of hydrogen-bond donors (Lipinski definition) is 0. The fourth-order valence-corrected chi connectivity index (χ4v) is 3.53. The lowest BCUT2D eigenvalue weighted by molar-refractivity contribution is 1.11. The molecule has 0 aliphatic heterocycles. The Kier molecular flexibility index (Phi) is 3.37. The molecule has 0 nitrogen and oxygen atoms in total. The Morgan fingerprint density at radius 2 is 2.13 bits per heavy atom. The van der Waals surface area contributed by atoms with Crippen LogP contribution < -0.4 is 0 Å². The van der Waals surface area contributed by atoms with E-state index in [1.54, 1.807) is 0 Å². The van der Waals surface area contributed by atoms with Crippen LogP contribution in [0.4, 0.5) is 0 Å². The lowest BCUT2D eigenvalue weighted by atomic mass is 10.1. The van der Waals surface area contributed by atoms with Gasteiger partial charge < -0.3 is 0 Å². The Bertz CT molecular complexity index is 455. The summed E-state index contributed by atoms with van der Waals surface area (Å²) in [5.74, 6) is 1.14. The summed E-state index contributed by atoms with van der Waals surface area (Å²) in [5.41, 5.74) is 2.90. The van der Waals surface area contributed by atoms with E-state index < -0.39 is 0 Å². The summed E-state index contributed by atoms with van der Waals surface area (Å²) >= 11 is 3.90. The van der Waals surface area contributed by atoms with Gasteiger partial charge in [-0.2, -0.15) is 11.8 Å². The van der Waals surface area contributed by atoms with Crippen molar-refractivity contribution in [3.63, 3.8) is 0 Å². The third-order valence-electron chi connectivity index (χ3n) is 2.45. The van der Waals surface area contributed by atoms with Crippen LogP contribution in [0.2, 0.25) is 0 Å². The molecule has 0 atom stereocenters. The lowest BCUT2D eigenvalue weighted by Gasteiger charge is -2.03. The molecule has 1 heterocycles. The number of benzene rings is 1. The minimum Gasteiger partial charge on any atom is -0.154 e. The first kappa shape index (κ1) is 11.0. The molecule has 0 fully saturated rings. The first-order valence-electron chi connectivity index (χ1n) is 5.26. The van der Waals surface area contributed by atoms with Crippen LogP contribution in [0.3, 0.4) is 0 Å². The molecular weight excluding hydrogens is 220 g/mol. The Morgan fingerprint density at radius 3 is 2.87 bits per heavy atom. The Morgan fingerprint density at radius 1 is 1.33 bits per heavy atom. The first-order chi connectivity index (χ1) is 7.18. The van der Waals surface area contributed by atoms with Crippen LogP contribution in [0.15, 0.2) is 23.6 Å². The molecule has 15 heavy (non-hydrogen) atoms. The Hall–Kier alpha value is -0.470. The SMILES string of the molecule is Cc1cccc2c(CSC(C)C)csc12. The van der Waals surface area contributed by atoms with Crippen molar-refractivity contribution in [2.75, 3.05) is 0 Å². The molecule has 0 aliphatic carbocycles. The first-order valence-corrected chi connectivity index (χ1v) is 7.18. The Balaban J connectivity index is 2.33. The monoisotopic (exact) mass is 236 g/mol. The summed E-state index contributed by atoms with van der Waals surface area (Å²) in [6.07, 6.45) is 0. The average Bonchev–Trinajstić information content (AvgIpc) is 2.59. The predicted molar refractivity (Wildman–Crippen MR) is 73.0 cm³/mol. The van der Waals surface area contributed by atoms with E-state index in [4.69, 9.17) is 0 Å². The minimum atomic E-state index is 0.713. The number of thiophene rings is 1. The molecule has 0 amide bonds. The third kappa shape index (κ3) is 2.37. The van der Waals surface area contributed by atoms with Gasteiger partial charge in [-0.15, -0.1) is 11.3 Å². The molecule has 0 N–H and O–H groups in total. The van der Waals surface area contributed by atoms with Gasteiger partial charge in [0.25, 0.3) is 0 Å². The standard InChI is InChI=1S/C13H16S2/c1-9(2)14-7-11-8-15-13-10(3)5-4-6-12(11)13/h4-6,8-9H,7H2,1-3H3. The second-order valence-corrected chi connectivity index (χ2v) is 6.52. The Labute approximate surface area is 99.7 Å². The van der Waals surface area contributed by atoms with Crippen LogP contribution in [-0.4, -0.2) is 5.25 Å². The highest BCUT2D eigenvalue weighted by Crippen LogP contribution is 2.31. The van der Waals surface area contributed by atoms with Crippen LogP contribution in [0, 0.1) is 6.92 Å². The van der Waals surface area contributed by atoms with Crippen LogP contribution >= 0.6 is 23.1 Å². The van der Waals surface area contributed by atoms with E-state index in [1.165, 1.54) is 21.2 Å². The summed E-state index contributed by atoms with van der Waals surface area (Å²) < 4.78 is 1.46. The molecule has 2 heteroatoms. The zero-order valence-corrected chi connectivity index (χ0v) is 11.0. The van der Waals surface area contributed by atoms with Gasteiger partial charge in [0.15, 0.2) is 0 Å². The van der Waals surface area contributed by atoms with E-state index in [-0.39, 0.29) is 0 Å². The quantitative estimate of drug-likeness (QED) is 0.734. The highest BCUT2D eigenvalue weighted by molar-refractivity contribution is 7.99. The maximum Gasteiger partial charge on any atom is 0.0375 e. The second kappa shape index (κ2) is 4.58. The fraction of sp³-hybridized carbons (Fsp3) is 0.385. The van der Waals surface area contributed by atoms with Crippen LogP contribution in [0.25, 0.3) is 10.1 Å². The molecule has 0 spiro atoms. The van der Waals surface area contributed by atoms with E-state index in [0.717, 1.165) is 5.75 Å². The van der Waals surface area contributed by atoms with Crippen molar-refractivity contribution in [3.05, 3.63) is 34.7 Å². The van der Waals surface area contributed by atoms with Crippen LogP contribution in [0.5, 0.6) is 0 Å². The van der Waals surface area contributed by atoms with Gasteiger partial charge in [-0.25, -0.2) is 0 Å². The van der Waals surface area contributed by atoms with Gasteiger partial charge in [-0.1, -0.05) is 32.0 Å². The van der Waals surface area contributed by atoms with E-state index in [1.807, 2.05) is 23.1 Å². The molecule has 80 valence electrons. The molecule has 1 aromatic carbocycles. The van der Waals surface area contributed by atoms with Crippen molar-refractivity contribution in [1.29, 1.82) is 0 Å². The number of rotatable bonds is 3. The third-order valence-corrected chi connectivity index (χ3v) is 4.77. The summed E-state index contributed by atoms with van der Waals surface area (Å²) in [4.78, 5) is 0. The van der Waals surface area contributed by atoms with Crippen molar-refractivity contribution >= 4 is 33.2 Å². The van der Waals surface area contributed by atoms with Crippen molar-refractivity contribution in [3.8, 4) is 0 Å². The van der Waals surface area contributed by atoms with Gasteiger partial charge in [-0.3, -0.25) is 0 Å². The number of hydrogen-bond acceptors (Lipinski definition) is 2. The summed E-state index contributed by atoms with van der Waals surface area (Å²) in [6, 6.07) is 6.60. The van der Waals surface area contributed by atoms with Crippen molar-refractivity contribution in [2.24, 2.45) is 0 Å². The topological polar surface area (TPSA) is 0 Å². The highest BCUT2D eigenvalue weighted by atomic mass is 32.2. The van der Waals surface area contributed by atoms with Gasteiger partial charge in [-0.05, 0) is 34.1 Å². The van der Waals surface area contributed by atoms with Gasteiger partial charge in [0.05, 0.1) is 0 Å². The predicted octanol–water partition coefficient (Wildman–Crippen LogP) is 4.85. The smallest absolute Gasteiger partial charge is 0.0375 e. The molecule has 0 saturated carbocycles. The molecule has 0 unspecified atom stereocenters. The van der Waals surface area contributed by atoms with E-state index in [2.05, 4.69) is 44.4 Å². The molecular formula is C13H16S2. The molecule has 0 radical (unpaired) electrons. The van der Waals surface area contributed by atoms with Crippen LogP contribution in [0.1, 0.15) is 25.0 Å². The van der Waals surface area contributed by atoms with Gasteiger partial charge in [0, 0.05) is 10.5 Å². The van der Waals surface area contributed by atoms with Crippen molar-refractivity contribution in [1.82, 2.24) is 0 Å². The second-order valence-electron chi connectivity index (χ2n) is 4.07. The molecule has 2 rings (SSSR count). The zero-order chi connectivity index (χ0) is 10.8. The van der Waals surface area contributed by atoms with Crippen molar-refractivity contribution in [2.45, 2.75) is 31.8 Å². The zero-order valence-electron chi connectivity index (χ0n) is 9.41. The summed E-state index contributed by atoms with van der Waals surface area (Å²) in [7, 11) is 0. The highest BCUT2D eigenvalue weighted by Gasteiger charge is 2.06. The molecule has 0 bridgehead atoms. The van der Waals surface area contributed by atoms with Crippen molar-refractivity contribution < 1.29 is 0 Å². The number of thioether (sulfide) groups is 1. The largest absolute Gasteiger partial charge is 0.154 e. The number of fused-ring (bicyclic) bond motifs is 1. The van der Waals surface area contributed by atoms with E-state index in [9.17, 15) is 0 Å². The summed E-state index contributed by atoms with van der Waals surface area (Å²) in [6.45, 7) is 6.70. The maximum absolute atomic E-state index is 2.31. The fourth-order valence-electron chi connectivity index (χ4n) is 1.62. The molecule has 0 aliphatic rings. The van der Waals surface area contributed by atoms with Crippen LogP contribution in [-0.2, 0) is 5.75 Å². The van der Waals surface area contributed by atoms with Gasteiger partial charge >= 0.3 is 0 Å². The van der Waals surface area contributed by atoms with Gasteiger partial charge in [0.2, 0.25) is 0 Å². The maximum atomic E-state index is 2.31. The lowest BCUT2D eigenvalue weighted by Crippen LogP contribution is -1.87. The van der Waals surface area contributed by atoms with Gasteiger partial charge in [0.1, 0.15) is 0 Å². The molecule has 0 saturated heterocycles. The normalized spacial score (nSPS) is 11.5. The molecule has 1 aromatic heterocycles. The molecule has 2 aromatic rings. The summed E-state index contributed by atoms with van der Waals surface area (Å²) in [5, 5.41) is 4.48. The number of aryl methyl sites for hydroxylation is 1. The average molecular weight is 236 g/mol. The minimum absolute atomic E-state index is 0.713. The van der Waals surface area contributed by atoms with E-state index in [0.29, 0.717) is 5.25 Å².